The minimum absolute atomic E-state index is 0.266. The molecule has 1 aromatic rings. The largest absolute Gasteiger partial charge is 0.414 e. The number of amides is 1. The third-order valence-electron chi connectivity index (χ3n) is 3.02. The summed E-state index contributed by atoms with van der Waals surface area (Å²) in [5.74, 6) is 1.28. The number of benzene rings is 1. The highest BCUT2D eigenvalue weighted by molar-refractivity contribution is 5.70. The van der Waals surface area contributed by atoms with Gasteiger partial charge < -0.3 is 9.64 Å². The van der Waals surface area contributed by atoms with Crippen molar-refractivity contribution in [3.63, 3.8) is 0 Å². The molecule has 3 heteroatoms. The smallest absolute Gasteiger partial charge is 0.410 e. The van der Waals surface area contributed by atoms with Crippen molar-refractivity contribution in [3.8, 4) is 5.75 Å². The van der Waals surface area contributed by atoms with Crippen molar-refractivity contribution in [2.24, 2.45) is 5.92 Å². The highest BCUT2D eigenvalue weighted by Gasteiger charge is 2.22. The molecule has 1 fully saturated rings. The van der Waals surface area contributed by atoms with Crippen LogP contribution in [0.4, 0.5) is 4.79 Å². The van der Waals surface area contributed by atoms with Crippen LogP contribution in [0.2, 0.25) is 0 Å². The third kappa shape index (κ3) is 2.75. The van der Waals surface area contributed by atoms with Crippen molar-refractivity contribution in [1.29, 1.82) is 0 Å². The first-order valence-corrected chi connectivity index (χ1v) is 5.73. The fourth-order valence-electron chi connectivity index (χ4n) is 1.80. The van der Waals surface area contributed by atoms with Crippen LogP contribution < -0.4 is 4.74 Å². The van der Waals surface area contributed by atoms with Gasteiger partial charge in [-0.2, -0.15) is 0 Å². The molecular weight excluding hydrogens is 202 g/mol. The molecule has 0 atom stereocenters. The molecule has 16 heavy (non-hydrogen) atoms. The van der Waals surface area contributed by atoms with Crippen LogP contribution in [0.15, 0.2) is 30.3 Å². The molecule has 3 nitrogen and oxygen atoms in total. The highest BCUT2D eigenvalue weighted by atomic mass is 16.6. The van der Waals surface area contributed by atoms with Gasteiger partial charge in [-0.1, -0.05) is 24.6 Å². The maximum absolute atomic E-state index is 11.7. The van der Waals surface area contributed by atoms with E-state index in [1.54, 1.807) is 24.1 Å². The minimum atomic E-state index is -0.266. The van der Waals surface area contributed by atoms with Crippen molar-refractivity contribution in [3.05, 3.63) is 30.3 Å². The molecular formula is C13H17NO2. The second kappa shape index (κ2) is 5.01. The molecule has 1 amide bonds. The van der Waals surface area contributed by atoms with Crippen LogP contribution in [0.25, 0.3) is 0 Å². The van der Waals surface area contributed by atoms with Crippen molar-refractivity contribution >= 4 is 6.09 Å². The Bertz CT molecular complexity index is 346. The molecule has 0 N–H and O–H groups in total. The number of hydrogen-bond acceptors (Lipinski definition) is 2. The van der Waals surface area contributed by atoms with Crippen LogP contribution in [0.3, 0.4) is 0 Å². The molecule has 0 bridgehead atoms. The molecule has 1 aliphatic rings. The van der Waals surface area contributed by atoms with E-state index >= 15 is 0 Å². The summed E-state index contributed by atoms with van der Waals surface area (Å²) in [6.07, 6.45) is 3.51. The third-order valence-corrected chi connectivity index (χ3v) is 3.02. The summed E-state index contributed by atoms with van der Waals surface area (Å²) in [6, 6.07) is 9.18. The molecule has 86 valence electrons. The van der Waals surface area contributed by atoms with E-state index in [4.69, 9.17) is 4.74 Å². The maximum atomic E-state index is 11.7. The first-order chi connectivity index (χ1) is 7.75. The van der Waals surface area contributed by atoms with Gasteiger partial charge in [0.25, 0.3) is 0 Å². The molecule has 2 rings (SSSR count). The lowest BCUT2D eigenvalue weighted by molar-refractivity contribution is 0.144. The summed E-state index contributed by atoms with van der Waals surface area (Å²) in [5.41, 5.74) is 0. The molecule has 0 radical (unpaired) electrons. The summed E-state index contributed by atoms with van der Waals surface area (Å²) in [7, 11) is 1.80. The number of para-hydroxylation sites is 1. The van der Waals surface area contributed by atoms with Crippen molar-refractivity contribution in [2.75, 3.05) is 13.6 Å². The number of ether oxygens (including phenoxy) is 1. The second-order valence-corrected chi connectivity index (χ2v) is 4.36. The lowest BCUT2D eigenvalue weighted by Crippen LogP contribution is -2.36. The van der Waals surface area contributed by atoms with Crippen LogP contribution in [-0.4, -0.2) is 24.6 Å². The number of hydrogen-bond donors (Lipinski definition) is 0. The average Bonchev–Trinajstić information content (AvgIpc) is 2.24. The second-order valence-electron chi connectivity index (χ2n) is 4.36. The summed E-state index contributed by atoms with van der Waals surface area (Å²) in [4.78, 5) is 13.4. The fourth-order valence-corrected chi connectivity index (χ4v) is 1.80. The molecule has 1 saturated carbocycles. The average molecular weight is 219 g/mol. The van der Waals surface area contributed by atoms with Gasteiger partial charge >= 0.3 is 6.09 Å². The Morgan fingerprint density at radius 2 is 2.06 bits per heavy atom. The van der Waals surface area contributed by atoms with Crippen LogP contribution in [-0.2, 0) is 0 Å². The maximum Gasteiger partial charge on any atom is 0.414 e. The Kier molecular flexibility index (Phi) is 3.44. The standard InChI is InChI=1S/C13H17NO2/c1-14(10-11-6-5-7-11)13(15)16-12-8-3-2-4-9-12/h2-4,8-9,11H,5-7,10H2,1H3. The van der Waals surface area contributed by atoms with Gasteiger partial charge in [-0.05, 0) is 30.9 Å². The number of nitrogens with zero attached hydrogens (tertiary/aromatic N) is 1. The first-order valence-electron chi connectivity index (χ1n) is 5.73. The van der Waals surface area contributed by atoms with Gasteiger partial charge in [0.1, 0.15) is 5.75 Å². The lowest BCUT2D eigenvalue weighted by Gasteiger charge is -2.29. The summed E-state index contributed by atoms with van der Waals surface area (Å²) < 4.78 is 5.23. The summed E-state index contributed by atoms with van der Waals surface area (Å²) in [5, 5.41) is 0. The Balaban J connectivity index is 1.82. The van der Waals surface area contributed by atoms with E-state index < -0.39 is 0 Å². The Morgan fingerprint density at radius 1 is 1.38 bits per heavy atom. The molecule has 0 saturated heterocycles. The quantitative estimate of drug-likeness (QED) is 0.782. The van der Waals surface area contributed by atoms with Gasteiger partial charge in [0.2, 0.25) is 0 Å². The first kappa shape index (κ1) is 11.0. The monoisotopic (exact) mass is 219 g/mol. The molecule has 1 aliphatic carbocycles. The molecule has 1 aromatic carbocycles. The zero-order valence-corrected chi connectivity index (χ0v) is 9.56. The number of carbonyl (C=O) groups is 1. The lowest BCUT2D eigenvalue weighted by atomic mass is 9.85. The van der Waals surface area contributed by atoms with Gasteiger partial charge in [-0.15, -0.1) is 0 Å². The van der Waals surface area contributed by atoms with Crippen LogP contribution in [0.5, 0.6) is 5.75 Å². The zero-order valence-electron chi connectivity index (χ0n) is 9.56. The van der Waals surface area contributed by atoms with E-state index in [1.807, 2.05) is 18.2 Å². The zero-order chi connectivity index (χ0) is 11.4. The number of carbonyl (C=O) groups excluding carboxylic acids is 1. The summed E-state index contributed by atoms with van der Waals surface area (Å²) in [6.45, 7) is 0.811. The van der Waals surface area contributed by atoms with Gasteiger partial charge in [-0.25, -0.2) is 4.79 Å². The normalized spacial score (nSPS) is 15.3. The van der Waals surface area contributed by atoms with Gasteiger partial charge in [0.05, 0.1) is 0 Å². The molecule has 0 aromatic heterocycles. The van der Waals surface area contributed by atoms with E-state index in [9.17, 15) is 4.79 Å². The Morgan fingerprint density at radius 3 is 2.62 bits per heavy atom. The predicted octanol–water partition coefficient (Wildman–Crippen LogP) is 2.92. The van der Waals surface area contributed by atoms with E-state index in [2.05, 4.69) is 0 Å². The molecule has 0 unspecified atom stereocenters. The van der Waals surface area contributed by atoms with E-state index in [0.29, 0.717) is 11.7 Å². The SMILES string of the molecule is CN(CC1CCC1)C(=O)Oc1ccccc1. The van der Waals surface area contributed by atoms with Gasteiger partial charge in [0, 0.05) is 13.6 Å². The van der Waals surface area contributed by atoms with Crippen molar-refractivity contribution < 1.29 is 9.53 Å². The fraction of sp³-hybridized carbons (Fsp3) is 0.462. The minimum Gasteiger partial charge on any atom is -0.410 e. The van der Waals surface area contributed by atoms with Crippen LogP contribution in [0, 0.1) is 5.92 Å². The van der Waals surface area contributed by atoms with Crippen molar-refractivity contribution in [2.45, 2.75) is 19.3 Å². The summed E-state index contributed by atoms with van der Waals surface area (Å²) >= 11 is 0. The number of rotatable bonds is 3. The Hall–Kier alpha value is -1.51. The van der Waals surface area contributed by atoms with Gasteiger partial charge in [-0.3, -0.25) is 0 Å². The van der Waals surface area contributed by atoms with Crippen LogP contribution >= 0.6 is 0 Å². The van der Waals surface area contributed by atoms with E-state index in [1.165, 1.54) is 19.3 Å². The van der Waals surface area contributed by atoms with E-state index in [-0.39, 0.29) is 6.09 Å². The van der Waals surface area contributed by atoms with Crippen LogP contribution in [0.1, 0.15) is 19.3 Å². The molecule has 0 spiro atoms. The highest BCUT2D eigenvalue weighted by Crippen LogP contribution is 2.26. The molecule has 0 heterocycles. The van der Waals surface area contributed by atoms with Crippen molar-refractivity contribution in [1.82, 2.24) is 4.90 Å². The van der Waals surface area contributed by atoms with E-state index in [0.717, 1.165) is 6.54 Å². The predicted molar refractivity (Wildman–Crippen MR) is 62.4 cm³/mol. The topological polar surface area (TPSA) is 29.5 Å². The Labute approximate surface area is 96.0 Å². The van der Waals surface area contributed by atoms with Gasteiger partial charge in [0.15, 0.2) is 0 Å². The molecule has 0 aliphatic heterocycles.